The highest BCUT2D eigenvalue weighted by molar-refractivity contribution is 5.34. The molecular formula is C16H23N3. The highest BCUT2D eigenvalue weighted by Crippen LogP contribution is 2.34. The van der Waals surface area contributed by atoms with Gasteiger partial charge in [-0.1, -0.05) is 25.5 Å². The van der Waals surface area contributed by atoms with E-state index in [0.29, 0.717) is 12.0 Å². The summed E-state index contributed by atoms with van der Waals surface area (Å²) in [5.41, 5.74) is 7.99. The molecule has 0 saturated carbocycles. The molecule has 3 heteroatoms. The minimum Gasteiger partial charge on any atom is -0.330 e. The first-order valence-corrected chi connectivity index (χ1v) is 7.24. The van der Waals surface area contributed by atoms with E-state index in [4.69, 9.17) is 11.0 Å². The number of nitrogens with two attached hydrogens (primary N) is 1. The molecule has 19 heavy (non-hydrogen) atoms. The topological polar surface area (TPSA) is 53.0 Å². The summed E-state index contributed by atoms with van der Waals surface area (Å²) < 4.78 is 0. The third-order valence-electron chi connectivity index (χ3n) is 4.18. The molecule has 1 heterocycles. The van der Waals surface area contributed by atoms with E-state index in [-0.39, 0.29) is 0 Å². The Morgan fingerprint density at radius 2 is 2.26 bits per heavy atom. The molecule has 2 N–H and O–H groups in total. The fourth-order valence-electron chi connectivity index (χ4n) is 3.19. The first kappa shape index (κ1) is 14.0. The second kappa shape index (κ2) is 6.70. The van der Waals surface area contributed by atoms with Crippen LogP contribution >= 0.6 is 0 Å². The molecule has 0 spiro atoms. The minimum absolute atomic E-state index is 0.366. The predicted molar refractivity (Wildman–Crippen MR) is 77.5 cm³/mol. The van der Waals surface area contributed by atoms with Crippen LogP contribution in [0.25, 0.3) is 0 Å². The Hall–Kier alpha value is -1.37. The van der Waals surface area contributed by atoms with Crippen molar-refractivity contribution in [3.05, 3.63) is 35.4 Å². The number of benzene rings is 1. The van der Waals surface area contributed by atoms with Crippen LogP contribution in [0.4, 0.5) is 0 Å². The maximum atomic E-state index is 9.07. The molecular weight excluding hydrogens is 234 g/mol. The SMILES string of the molecule is CCN1CCCCC(CN)C1c1cccc(C#N)c1. The largest absolute Gasteiger partial charge is 0.330 e. The minimum atomic E-state index is 0.366. The van der Waals surface area contributed by atoms with Crippen LogP contribution in [0.15, 0.2) is 24.3 Å². The molecule has 0 aromatic heterocycles. The van der Waals surface area contributed by atoms with Crippen LogP contribution in [0.5, 0.6) is 0 Å². The Morgan fingerprint density at radius 3 is 2.95 bits per heavy atom. The Bertz CT molecular complexity index is 436. The van der Waals surface area contributed by atoms with Crippen molar-refractivity contribution in [1.29, 1.82) is 5.26 Å². The molecule has 1 saturated heterocycles. The molecule has 2 unspecified atom stereocenters. The van der Waals surface area contributed by atoms with Gasteiger partial charge in [0, 0.05) is 6.04 Å². The average Bonchev–Trinajstić information content (AvgIpc) is 2.68. The van der Waals surface area contributed by atoms with Crippen LogP contribution in [-0.2, 0) is 0 Å². The van der Waals surface area contributed by atoms with Crippen LogP contribution in [0.2, 0.25) is 0 Å². The summed E-state index contributed by atoms with van der Waals surface area (Å²) in [4.78, 5) is 2.51. The first-order chi connectivity index (χ1) is 9.30. The summed E-state index contributed by atoms with van der Waals surface area (Å²) in [7, 11) is 0. The highest BCUT2D eigenvalue weighted by atomic mass is 15.2. The van der Waals surface area contributed by atoms with Gasteiger partial charge in [-0.25, -0.2) is 0 Å². The third kappa shape index (κ3) is 3.15. The molecule has 1 aliphatic rings. The molecule has 1 aromatic carbocycles. The average molecular weight is 257 g/mol. The summed E-state index contributed by atoms with van der Waals surface area (Å²) in [5, 5.41) is 9.07. The lowest BCUT2D eigenvalue weighted by atomic mass is 9.88. The van der Waals surface area contributed by atoms with E-state index in [9.17, 15) is 0 Å². The van der Waals surface area contributed by atoms with E-state index in [1.54, 1.807) is 0 Å². The molecule has 1 fully saturated rings. The molecule has 2 rings (SSSR count). The number of hydrogen-bond acceptors (Lipinski definition) is 3. The van der Waals surface area contributed by atoms with E-state index < -0.39 is 0 Å². The van der Waals surface area contributed by atoms with Crippen molar-refractivity contribution in [2.75, 3.05) is 19.6 Å². The zero-order valence-electron chi connectivity index (χ0n) is 11.7. The first-order valence-electron chi connectivity index (χ1n) is 7.24. The van der Waals surface area contributed by atoms with Crippen LogP contribution in [-0.4, -0.2) is 24.5 Å². The van der Waals surface area contributed by atoms with Crippen LogP contribution in [0, 0.1) is 17.2 Å². The van der Waals surface area contributed by atoms with E-state index in [1.165, 1.54) is 24.8 Å². The fraction of sp³-hybridized carbons (Fsp3) is 0.562. The van der Waals surface area contributed by atoms with Gasteiger partial charge in [0.1, 0.15) is 0 Å². The van der Waals surface area contributed by atoms with Gasteiger partial charge in [-0.05, 0) is 56.1 Å². The van der Waals surface area contributed by atoms with Crippen LogP contribution < -0.4 is 5.73 Å². The highest BCUT2D eigenvalue weighted by Gasteiger charge is 2.29. The summed E-state index contributed by atoms with van der Waals surface area (Å²) in [6.45, 7) is 5.10. The Morgan fingerprint density at radius 1 is 1.42 bits per heavy atom. The number of nitrogens with zero attached hydrogens (tertiary/aromatic N) is 2. The van der Waals surface area contributed by atoms with Gasteiger partial charge >= 0.3 is 0 Å². The van der Waals surface area contributed by atoms with Gasteiger partial charge in [0.25, 0.3) is 0 Å². The van der Waals surface area contributed by atoms with E-state index in [0.717, 1.165) is 25.2 Å². The maximum absolute atomic E-state index is 9.07. The lowest BCUT2D eigenvalue weighted by Gasteiger charge is -2.34. The van der Waals surface area contributed by atoms with Crippen molar-refractivity contribution in [2.24, 2.45) is 11.7 Å². The van der Waals surface area contributed by atoms with Crippen molar-refractivity contribution in [3.8, 4) is 6.07 Å². The molecule has 1 aromatic rings. The number of nitriles is 1. The zero-order chi connectivity index (χ0) is 13.7. The molecule has 0 radical (unpaired) electrons. The molecule has 2 atom stereocenters. The van der Waals surface area contributed by atoms with Crippen molar-refractivity contribution in [2.45, 2.75) is 32.2 Å². The Balaban J connectivity index is 2.36. The van der Waals surface area contributed by atoms with E-state index >= 15 is 0 Å². The van der Waals surface area contributed by atoms with Gasteiger partial charge in [-0.3, -0.25) is 4.90 Å². The smallest absolute Gasteiger partial charge is 0.0991 e. The molecule has 102 valence electrons. The fourth-order valence-corrected chi connectivity index (χ4v) is 3.19. The molecule has 0 amide bonds. The van der Waals surface area contributed by atoms with Crippen LogP contribution in [0.3, 0.4) is 0 Å². The second-order valence-electron chi connectivity index (χ2n) is 5.30. The Kier molecular flexibility index (Phi) is 4.95. The maximum Gasteiger partial charge on any atom is 0.0991 e. The summed E-state index contributed by atoms with van der Waals surface area (Å²) in [6, 6.07) is 10.6. The van der Waals surface area contributed by atoms with Gasteiger partial charge < -0.3 is 5.73 Å². The van der Waals surface area contributed by atoms with Crippen LogP contribution in [0.1, 0.15) is 43.4 Å². The number of hydrogen-bond donors (Lipinski definition) is 1. The quantitative estimate of drug-likeness (QED) is 0.905. The molecule has 1 aliphatic heterocycles. The zero-order valence-corrected chi connectivity index (χ0v) is 11.7. The van der Waals surface area contributed by atoms with Gasteiger partial charge in [0.15, 0.2) is 0 Å². The molecule has 3 nitrogen and oxygen atoms in total. The van der Waals surface area contributed by atoms with Gasteiger partial charge in [-0.2, -0.15) is 5.26 Å². The molecule has 0 bridgehead atoms. The standard InChI is InChI=1S/C16H23N3/c1-2-19-9-4-3-7-15(12-18)16(19)14-8-5-6-13(10-14)11-17/h5-6,8,10,15-16H,2-4,7,9,12,18H2,1H3. The summed E-state index contributed by atoms with van der Waals surface area (Å²) >= 11 is 0. The van der Waals surface area contributed by atoms with E-state index in [1.807, 2.05) is 18.2 Å². The summed E-state index contributed by atoms with van der Waals surface area (Å²) in [6.07, 6.45) is 3.69. The number of likely N-dealkylation sites (tertiary alicyclic amines) is 1. The van der Waals surface area contributed by atoms with Gasteiger partial charge in [0.2, 0.25) is 0 Å². The third-order valence-corrected chi connectivity index (χ3v) is 4.18. The van der Waals surface area contributed by atoms with E-state index in [2.05, 4.69) is 24.0 Å². The summed E-state index contributed by atoms with van der Waals surface area (Å²) in [5.74, 6) is 0.497. The second-order valence-corrected chi connectivity index (χ2v) is 5.30. The monoisotopic (exact) mass is 257 g/mol. The van der Waals surface area contributed by atoms with Gasteiger partial charge in [0.05, 0.1) is 11.6 Å². The number of rotatable bonds is 3. The van der Waals surface area contributed by atoms with Crippen molar-refractivity contribution >= 4 is 0 Å². The normalized spacial score (nSPS) is 24.7. The van der Waals surface area contributed by atoms with Gasteiger partial charge in [-0.15, -0.1) is 0 Å². The predicted octanol–water partition coefficient (Wildman–Crippen LogP) is 2.68. The lowest BCUT2D eigenvalue weighted by molar-refractivity contribution is 0.166. The van der Waals surface area contributed by atoms with Crippen molar-refractivity contribution in [1.82, 2.24) is 4.90 Å². The lowest BCUT2D eigenvalue weighted by Crippen LogP contribution is -2.35. The Labute approximate surface area is 116 Å². The van der Waals surface area contributed by atoms with Crippen molar-refractivity contribution < 1.29 is 0 Å². The van der Waals surface area contributed by atoms with Crippen molar-refractivity contribution in [3.63, 3.8) is 0 Å². The molecule has 0 aliphatic carbocycles.